The summed E-state index contributed by atoms with van der Waals surface area (Å²) < 4.78 is 21.9. The van der Waals surface area contributed by atoms with Crippen LogP contribution in [-0.2, 0) is 17.3 Å². The summed E-state index contributed by atoms with van der Waals surface area (Å²) in [5.74, 6) is -1.40. The predicted molar refractivity (Wildman–Crippen MR) is 82.4 cm³/mol. The van der Waals surface area contributed by atoms with Crippen LogP contribution in [0, 0.1) is 0 Å². The molecule has 2 rings (SSSR count). The van der Waals surface area contributed by atoms with E-state index in [1.165, 1.54) is 32.1 Å². The Hall–Kier alpha value is 0.530. The second-order valence-corrected chi connectivity index (χ2v) is 6.23. The van der Waals surface area contributed by atoms with Gasteiger partial charge < -0.3 is 19.3 Å². The zero-order valence-electron chi connectivity index (χ0n) is 12.1. The van der Waals surface area contributed by atoms with Crippen LogP contribution in [0.1, 0.15) is 51.4 Å². The molecule has 1 N–H and O–H groups in total. The first-order valence-corrected chi connectivity index (χ1v) is 8.38. The highest BCUT2D eigenvalue weighted by atomic mass is 127. The molecule has 3 unspecified atom stereocenters. The van der Waals surface area contributed by atoms with Crippen LogP contribution in [0.25, 0.3) is 0 Å². The Balaban J connectivity index is 1.84. The van der Waals surface area contributed by atoms with Crippen molar-refractivity contribution in [2.45, 2.75) is 75.7 Å². The van der Waals surface area contributed by atoms with E-state index in [0.29, 0.717) is 6.42 Å². The van der Waals surface area contributed by atoms with Gasteiger partial charge in [0.05, 0.1) is 6.10 Å². The molecule has 0 aromatic heterocycles. The molecule has 0 amide bonds. The summed E-state index contributed by atoms with van der Waals surface area (Å²) in [6, 6.07) is 0. The second kappa shape index (κ2) is 8.24. The van der Waals surface area contributed by atoms with Gasteiger partial charge in [-0.3, -0.25) is 3.07 Å². The molecule has 2 fully saturated rings. The molecular formula is C14H25IO5. The Kier molecular flexibility index (Phi) is 6.96. The monoisotopic (exact) mass is 400 g/mol. The molecule has 20 heavy (non-hydrogen) atoms. The highest BCUT2D eigenvalue weighted by Crippen LogP contribution is 2.33. The summed E-state index contributed by atoms with van der Waals surface area (Å²) in [7, 11) is 1.57. The van der Waals surface area contributed by atoms with E-state index in [1.54, 1.807) is 30.1 Å². The van der Waals surface area contributed by atoms with Gasteiger partial charge in [0.2, 0.25) is 5.79 Å². The smallest absolute Gasteiger partial charge is 0.219 e. The molecule has 0 aromatic carbocycles. The minimum Gasteiger partial charge on any atom is -0.376 e. The van der Waals surface area contributed by atoms with E-state index in [-0.39, 0.29) is 12.7 Å². The Bertz CT molecular complexity index is 283. The fourth-order valence-electron chi connectivity index (χ4n) is 3.00. The number of aliphatic hydroxyl groups is 1. The maximum Gasteiger partial charge on any atom is 0.219 e. The fraction of sp³-hybridized carbons (Fsp3) is 1.00. The quantitative estimate of drug-likeness (QED) is 0.720. The lowest BCUT2D eigenvalue weighted by atomic mass is 9.98. The van der Waals surface area contributed by atoms with Crippen molar-refractivity contribution in [1.82, 2.24) is 0 Å². The number of methoxy groups -OCH3 is 1. The third-order valence-electron chi connectivity index (χ3n) is 4.21. The van der Waals surface area contributed by atoms with Crippen LogP contribution >= 0.6 is 23.0 Å². The van der Waals surface area contributed by atoms with Gasteiger partial charge in [-0.2, -0.15) is 0 Å². The predicted octanol–water partition coefficient (Wildman–Crippen LogP) is 2.93. The molecule has 1 aliphatic carbocycles. The van der Waals surface area contributed by atoms with E-state index in [0.717, 1.165) is 12.8 Å². The maximum absolute atomic E-state index is 10.6. The van der Waals surface area contributed by atoms with Gasteiger partial charge >= 0.3 is 0 Å². The van der Waals surface area contributed by atoms with Crippen LogP contribution in [-0.4, -0.2) is 43.1 Å². The van der Waals surface area contributed by atoms with Crippen molar-refractivity contribution in [3.63, 3.8) is 0 Å². The third kappa shape index (κ3) is 4.51. The van der Waals surface area contributed by atoms with Crippen LogP contribution in [0.4, 0.5) is 0 Å². The van der Waals surface area contributed by atoms with Crippen LogP contribution in [0.15, 0.2) is 0 Å². The van der Waals surface area contributed by atoms with E-state index in [2.05, 4.69) is 0 Å². The first-order valence-electron chi connectivity index (χ1n) is 7.50. The van der Waals surface area contributed by atoms with Crippen LogP contribution < -0.4 is 0 Å². The molecule has 1 saturated carbocycles. The van der Waals surface area contributed by atoms with E-state index >= 15 is 0 Å². The molecule has 2 aliphatic rings. The lowest BCUT2D eigenvalue weighted by Gasteiger charge is -2.30. The van der Waals surface area contributed by atoms with Crippen molar-refractivity contribution in [1.29, 1.82) is 0 Å². The van der Waals surface area contributed by atoms with E-state index in [4.69, 9.17) is 17.3 Å². The molecule has 0 bridgehead atoms. The summed E-state index contributed by atoms with van der Waals surface area (Å²) in [6.45, 7) is 0.146. The summed E-state index contributed by atoms with van der Waals surface area (Å²) in [6.07, 6.45) is 8.35. The van der Waals surface area contributed by atoms with Crippen LogP contribution in [0.2, 0.25) is 0 Å². The van der Waals surface area contributed by atoms with Gasteiger partial charge in [0.15, 0.2) is 6.29 Å². The summed E-state index contributed by atoms with van der Waals surface area (Å²) in [4.78, 5) is 0. The molecule has 0 spiro atoms. The van der Waals surface area contributed by atoms with Crippen molar-refractivity contribution in [3.05, 3.63) is 0 Å². The van der Waals surface area contributed by atoms with Crippen molar-refractivity contribution in [3.8, 4) is 0 Å². The van der Waals surface area contributed by atoms with E-state index in [1.807, 2.05) is 0 Å². The highest BCUT2D eigenvalue weighted by Gasteiger charge is 2.49. The minimum atomic E-state index is -1.40. The molecule has 1 saturated heterocycles. The Morgan fingerprint density at radius 1 is 1.20 bits per heavy atom. The molecule has 118 valence electrons. The average molecular weight is 400 g/mol. The standard InChI is InChI=1S/C14H25IO5/c1-17-12-9-13(20-15)19-14(12,16)10-18-11-7-5-3-2-4-6-8-11/h11-13,16H,2-10H2,1H3. The summed E-state index contributed by atoms with van der Waals surface area (Å²) in [5, 5.41) is 10.6. The maximum atomic E-state index is 10.6. The van der Waals surface area contributed by atoms with Crippen molar-refractivity contribution >= 4 is 23.0 Å². The topological polar surface area (TPSA) is 57.2 Å². The normalized spacial score (nSPS) is 36.8. The lowest BCUT2D eigenvalue weighted by molar-refractivity contribution is -0.277. The van der Waals surface area contributed by atoms with Crippen LogP contribution in [0.3, 0.4) is 0 Å². The minimum absolute atomic E-state index is 0.146. The number of hydrogen-bond donors (Lipinski definition) is 1. The van der Waals surface area contributed by atoms with Crippen molar-refractivity contribution < 1.29 is 22.4 Å². The van der Waals surface area contributed by atoms with Crippen molar-refractivity contribution in [2.75, 3.05) is 13.7 Å². The second-order valence-electron chi connectivity index (χ2n) is 5.72. The van der Waals surface area contributed by atoms with E-state index in [9.17, 15) is 5.11 Å². The Labute approximate surface area is 135 Å². The van der Waals surface area contributed by atoms with Gasteiger partial charge in [-0.05, 0) is 12.8 Å². The summed E-state index contributed by atoms with van der Waals surface area (Å²) >= 11 is 1.78. The van der Waals surface area contributed by atoms with Gasteiger partial charge in [-0.1, -0.05) is 32.1 Å². The molecule has 5 nitrogen and oxygen atoms in total. The third-order valence-corrected chi connectivity index (χ3v) is 4.77. The summed E-state index contributed by atoms with van der Waals surface area (Å²) in [5.41, 5.74) is 0. The first kappa shape index (κ1) is 16.9. The number of halogens is 1. The number of hydrogen-bond acceptors (Lipinski definition) is 5. The fourth-order valence-corrected chi connectivity index (χ4v) is 3.31. The zero-order chi connectivity index (χ0) is 14.4. The largest absolute Gasteiger partial charge is 0.376 e. The molecule has 1 heterocycles. The zero-order valence-corrected chi connectivity index (χ0v) is 14.2. The van der Waals surface area contributed by atoms with Crippen LogP contribution in [0.5, 0.6) is 0 Å². The number of rotatable bonds is 5. The Morgan fingerprint density at radius 3 is 2.45 bits per heavy atom. The van der Waals surface area contributed by atoms with Gasteiger partial charge in [0, 0.05) is 13.5 Å². The lowest BCUT2D eigenvalue weighted by Crippen LogP contribution is -2.46. The van der Waals surface area contributed by atoms with Crippen molar-refractivity contribution in [2.24, 2.45) is 0 Å². The van der Waals surface area contributed by atoms with Gasteiger partial charge in [-0.25, -0.2) is 0 Å². The van der Waals surface area contributed by atoms with E-state index < -0.39 is 18.2 Å². The van der Waals surface area contributed by atoms with Gasteiger partial charge in [0.25, 0.3) is 0 Å². The molecule has 6 heteroatoms. The highest BCUT2D eigenvalue weighted by molar-refractivity contribution is 14.1. The molecule has 3 atom stereocenters. The number of ether oxygens (including phenoxy) is 3. The van der Waals surface area contributed by atoms with Gasteiger partial charge in [0.1, 0.15) is 35.7 Å². The molecule has 0 aromatic rings. The average Bonchev–Trinajstić information content (AvgIpc) is 2.74. The first-order chi connectivity index (χ1) is 9.68. The van der Waals surface area contributed by atoms with Gasteiger partial charge in [-0.15, -0.1) is 0 Å². The SMILES string of the molecule is COC1CC(OI)OC1(O)COC1CCCCCCC1. The Morgan fingerprint density at radius 2 is 1.85 bits per heavy atom. The molecule has 1 aliphatic heterocycles. The molecular weight excluding hydrogens is 375 g/mol. The molecule has 0 radical (unpaired) electrons.